The van der Waals surface area contributed by atoms with Gasteiger partial charge in [-0.05, 0) is 24.6 Å². The Morgan fingerprint density at radius 1 is 1.53 bits per heavy atom. The molecule has 84 valence electrons. The zero-order valence-corrected chi connectivity index (χ0v) is 8.96. The van der Waals surface area contributed by atoms with Gasteiger partial charge in [-0.1, -0.05) is 6.07 Å². The van der Waals surface area contributed by atoms with Crippen LogP contribution in [0.4, 0.5) is 10.1 Å². The average Bonchev–Trinajstić information content (AvgIpc) is 2.23. The van der Waals surface area contributed by atoms with Crippen LogP contribution in [0.3, 0.4) is 0 Å². The summed E-state index contributed by atoms with van der Waals surface area (Å²) < 4.78 is 18.1. The van der Waals surface area contributed by atoms with Gasteiger partial charge < -0.3 is 15.2 Å². The summed E-state index contributed by atoms with van der Waals surface area (Å²) in [5, 5.41) is 12.0. The van der Waals surface area contributed by atoms with Gasteiger partial charge in [-0.3, -0.25) is 0 Å². The first kappa shape index (κ1) is 11.9. The van der Waals surface area contributed by atoms with Crippen molar-refractivity contribution in [2.24, 2.45) is 0 Å². The van der Waals surface area contributed by atoms with Crippen molar-refractivity contribution < 1.29 is 14.2 Å². The third kappa shape index (κ3) is 3.49. The van der Waals surface area contributed by atoms with E-state index < -0.39 is 0 Å². The van der Waals surface area contributed by atoms with Crippen molar-refractivity contribution in [2.45, 2.75) is 13.0 Å². The van der Waals surface area contributed by atoms with Crippen LogP contribution in [0.2, 0.25) is 0 Å². The lowest BCUT2D eigenvalue weighted by molar-refractivity contribution is 0.153. The van der Waals surface area contributed by atoms with Crippen molar-refractivity contribution in [2.75, 3.05) is 25.6 Å². The number of anilines is 1. The molecule has 0 aliphatic rings. The molecule has 1 aromatic rings. The van der Waals surface area contributed by atoms with Crippen molar-refractivity contribution in [3.05, 3.63) is 29.6 Å². The zero-order valence-electron chi connectivity index (χ0n) is 8.96. The highest BCUT2D eigenvalue weighted by molar-refractivity contribution is 5.46. The summed E-state index contributed by atoms with van der Waals surface area (Å²) in [6.45, 7) is 2.03. The van der Waals surface area contributed by atoms with E-state index >= 15 is 0 Å². The highest BCUT2D eigenvalue weighted by Gasteiger charge is 2.07. The number of rotatable bonds is 5. The maximum absolute atomic E-state index is 13.2. The SMILES string of the molecule is COCC(CO)Nc1ccc(C)c(F)c1. The van der Waals surface area contributed by atoms with Crippen LogP contribution in [0.5, 0.6) is 0 Å². The van der Waals surface area contributed by atoms with Gasteiger partial charge in [0.25, 0.3) is 0 Å². The molecular weight excluding hydrogens is 197 g/mol. The summed E-state index contributed by atoms with van der Waals surface area (Å²) in [6.07, 6.45) is 0. The van der Waals surface area contributed by atoms with Crippen LogP contribution >= 0.6 is 0 Å². The lowest BCUT2D eigenvalue weighted by atomic mass is 10.2. The predicted octanol–water partition coefficient (Wildman–Crippen LogP) is 1.55. The molecule has 0 aromatic heterocycles. The van der Waals surface area contributed by atoms with Gasteiger partial charge in [0.1, 0.15) is 5.82 Å². The molecule has 0 radical (unpaired) electrons. The average molecular weight is 213 g/mol. The van der Waals surface area contributed by atoms with Gasteiger partial charge in [0.05, 0.1) is 19.3 Å². The van der Waals surface area contributed by atoms with E-state index in [1.807, 2.05) is 0 Å². The molecule has 0 spiro atoms. The zero-order chi connectivity index (χ0) is 11.3. The third-order valence-corrected chi connectivity index (χ3v) is 2.13. The number of aliphatic hydroxyl groups is 1. The van der Waals surface area contributed by atoms with Gasteiger partial charge in [-0.15, -0.1) is 0 Å². The second kappa shape index (κ2) is 5.68. The number of methoxy groups -OCH3 is 1. The van der Waals surface area contributed by atoms with Gasteiger partial charge >= 0.3 is 0 Å². The summed E-state index contributed by atoms with van der Waals surface area (Å²) in [5.41, 5.74) is 1.25. The molecule has 0 heterocycles. The largest absolute Gasteiger partial charge is 0.394 e. The molecule has 15 heavy (non-hydrogen) atoms. The molecule has 0 aliphatic carbocycles. The van der Waals surface area contributed by atoms with Crippen LogP contribution in [0, 0.1) is 12.7 Å². The lowest BCUT2D eigenvalue weighted by Crippen LogP contribution is -2.28. The lowest BCUT2D eigenvalue weighted by Gasteiger charge is -2.16. The van der Waals surface area contributed by atoms with E-state index in [0.29, 0.717) is 17.9 Å². The van der Waals surface area contributed by atoms with Crippen LogP contribution in [-0.2, 0) is 4.74 Å². The van der Waals surface area contributed by atoms with E-state index in [9.17, 15) is 4.39 Å². The van der Waals surface area contributed by atoms with Crippen molar-refractivity contribution >= 4 is 5.69 Å². The Labute approximate surface area is 88.9 Å². The quantitative estimate of drug-likeness (QED) is 0.779. The second-order valence-electron chi connectivity index (χ2n) is 3.44. The topological polar surface area (TPSA) is 41.5 Å². The molecular formula is C11H16FNO2. The molecule has 4 heteroatoms. The molecule has 1 rings (SSSR count). The fraction of sp³-hybridized carbons (Fsp3) is 0.455. The van der Waals surface area contributed by atoms with Gasteiger partial charge in [0, 0.05) is 12.8 Å². The molecule has 0 saturated carbocycles. The van der Waals surface area contributed by atoms with Crippen molar-refractivity contribution in [1.82, 2.24) is 0 Å². The molecule has 1 aromatic carbocycles. The number of aliphatic hydroxyl groups excluding tert-OH is 1. The van der Waals surface area contributed by atoms with E-state index in [-0.39, 0.29) is 18.5 Å². The fourth-order valence-electron chi connectivity index (χ4n) is 1.26. The van der Waals surface area contributed by atoms with Gasteiger partial charge in [-0.2, -0.15) is 0 Å². The second-order valence-corrected chi connectivity index (χ2v) is 3.44. The number of ether oxygens (including phenoxy) is 1. The summed E-state index contributed by atoms with van der Waals surface area (Å²) in [5.74, 6) is -0.255. The first-order chi connectivity index (χ1) is 7.17. The molecule has 0 saturated heterocycles. The number of halogens is 1. The predicted molar refractivity (Wildman–Crippen MR) is 57.5 cm³/mol. The van der Waals surface area contributed by atoms with Gasteiger partial charge in [0.2, 0.25) is 0 Å². The molecule has 0 fully saturated rings. The molecule has 1 atom stereocenters. The number of hydrogen-bond acceptors (Lipinski definition) is 3. The standard InChI is InChI=1S/C11H16FNO2/c1-8-3-4-9(5-11(8)12)13-10(6-14)7-15-2/h3-5,10,13-14H,6-7H2,1-2H3. The summed E-state index contributed by atoms with van der Waals surface area (Å²) in [6, 6.07) is 4.67. The number of benzene rings is 1. The van der Waals surface area contributed by atoms with E-state index in [2.05, 4.69) is 5.32 Å². The highest BCUT2D eigenvalue weighted by atomic mass is 19.1. The van der Waals surface area contributed by atoms with Crippen molar-refractivity contribution in [3.63, 3.8) is 0 Å². The van der Waals surface area contributed by atoms with E-state index in [1.165, 1.54) is 6.07 Å². The number of aryl methyl sites for hydroxylation is 1. The maximum Gasteiger partial charge on any atom is 0.128 e. The Kier molecular flexibility index (Phi) is 4.52. The van der Waals surface area contributed by atoms with Crippen LogP contribution in [-0.4, -0.2) is 31.5 Å². The van der Waals surface area contributed by atoms with Gasteiger partial charge in [0.15, 0.2) is 0 Å². The molecule has 0 aliphatic heterocycles. The molecule has 1 unspecified atom stereocenters. The smallest absolute Gasteiger partial charge is 0.128 e. The normalized spacial score (nSPS) is 12.5. The minimum absolute atomic E-state index is 0.0522. The summed E-state index contributed by atoms with van der Waals surface area (Å²) >= 11 is 0. The summed E-state index contributed by atoms with van der Waals surface area (Å²) in [7, 11) is 1.56. The Bertz CT molecular complexity index is 317. The number of hydrogen-bond donors (Lipinski definition) is 2. The Hall–Kier alpha value is -1.13. The van der Waals surface area contributed by atoms with Crippen LogP contribution < -0.4 is 5.32 Å². The van der Waals surface area contributed by atoms with Crippen molar-refractivity contribution in [1.29, 1.82) is 0 Å². The first-order valence-electron chi connectivity index (χ1n) is 4.80. The Morgan fingerprint density at radius 2 is 2.27 bits per heavy atom. The maximum atomic E-state index is 13.2. The molecule has 0 amide bonds. The van der Waals surface area contributed by atoms with Gasteiger partial charge in [-0.25, -0.2) is 4.39 Å². The first-order valence-corrected chi connectivity index (χ1v) is 4.80. The van der Waals surface area contributed by atoms with Crippen LogP contribution in [0.1, 0.15) is 5.56 Å². The minimum atomic E-state index is -0.255. The summed E-state index contributed by atoms with van der Waals surface area (Å²) in [4.78, 5) is 0. The Morgan fingerprint density at radius 3 is 2.80 bits per heavy atom. The Balaban J connectivity index is 2.66. The van der Waals surface area contributed by atoms with E-state index in [1.54, 1.807) is 26.2 Å². The van der Waals surface area contributed by atoms with Crippen LogP contribution in [0.25, 0.3) is 0 Å². The molecule has 0 bridgehead atoms. The molecule has 3 nitrogen and oxygen atoms in total. The van der Waals surface area contributed by atoms with E-state index in [0.717, 1.165) is 0 Å². The highest BCUT2D eigenvalue weighted by Crippen LogP contribution is 2.14. The fourth-order valence-corrected chi connectivity index (χ4v) is 1.26. The van der Waals surface area contributed by atoms with Crippen molar-refractivity contribution in [3.8, 4) is 0 Å². The number of nitrogens with one attached hydrogen (secondary N) is 1. The minimum Gasteiger partial charge on any atom is -0.394 e. The monoisotopic (exact) mass is 213 g/mol. The molecule has 2 N–H and O–H groups in total. The van der Waals surface area contributed by atoms with E-state index in [4.69, 9.17) is 9.84 Å². The third-order valence-electron chi connectivity index (χ3n) is 2.13. The van der Waals surface area contributed by atoms with Crippen LogP contribution in [0.15, 0.2) is 18.2 Å².